The average Bonchev–Trinajstić information content (AvgIpc) is 2.70. The van der Waals surface area contributed by atoms with Gasteiger partial charge in [-0.15, -0.1) is 0 Å². The maximum atomic E-state index is 12.2. The Labute approximate surface area is 156 Å². The molecule has 2 aromatic rings. The maximum Gasteiger partial charge on any atom is 0.244 e. The van der Waals surface area contributed by atoms with Crippen molar-refractivity contribution in [2.75, 3.05) is 26.7 Å². The third-order valence-electron chi connectivity index (χ3n) is 4.43. The van der Waals surface area contributed by atoms with E-state index in [1.54, 1.807) is 13.2 Å². The molecule has 0 spiro atoms. The first-order valence-corrected chi connectivity index (χ1v) is 9.06. The number of hydrogen-bond donors (Lipinski definition) is 1. The summed E-state index contributed by atoms with van der Waals surface area (Å²) in [6.07, 6.45) is 3.41. The standard InChI is InChI=1S/C22H28N2O2/c1-4-24(5-2)21(19-12-9-13-20(16-19)26-3)17-23-22(25)15-14-18-10-7-6-8-11-18/h6-16,21H,4-5,17H2,1-3H3,(H,23,25)/b15-14+. The molecule has 2 aromatic carbocycles. The van der Waals surface area contributed by atoms with E-state index < -0.39 is 0 Å². The topological polar surface area (TPSA) is 41.6 Å². The highest BCUT2D eigenvalue weighted by atomic mass is 16.5. The molecular formula is C22H28N2O2. The number of carbonyl (C=O) groups excluding carboxylic acids is 1. The predicted molar refractivity (Wildman–Crippen MR) is 107 cm³/mol. The summed E-state index contributed by atoms with van der Waals surface area (Å²) >= 11 is 0. The van der Waals surface area contributed by atoms with E-state index in [9.17, 15) is 4.79 Å². The van der Waals surface area contributed by atoms with Gasteiger partial charge in [-0.2, -0.15) is 0 Å². The second-order valence-electron chi connectivity index (χ2n) is 6.00. The first-order chi connectivity index (χ1) is 12.7. The van der Waals surface area contributed by atoms with E-state index in [4.69, 9.17) is 4.74 Å². The zero-order valence-electron chi connectivity index (χ0n) is 15.8. The summed E-state index contributed by atoms with van der Waals surface area (Å²) < 4.78 is 5.35. The number of likely N-dealkylation sites (N-methyl/N-ethyl adjacent to an activating group) is 1. The number of carbonyl (C=O) groups is 1. The number of benzene rings is 2. The summed E-state index contributed by atoms with van der Waals surface area (Å²) in [4.78, 5) is 14.6. The van der Waals surface area contributed by atoms with Crippen molar-refractivity contribution in [3.05, 3.63) is 71.8 Å². The summed E-state index contributed by atoms with van der Waals surface area (Å²) in [5, 5.41) is 3.03. The summed E-state index contributed by atoms with van der Waals surface area (Å²) in [7, 11) is 1.67. The molecule has 0 bridgehead atoms. The molecule has 4 heteroatoms. The van der Waals surface area contributed by atoms with Gasteiger partial charge >= 0.3 is 0 Å². The van der Waals surface area contributed by atoms with Crippen LogP contribution in [0.5, 0.6) is 5.75 Å². The van der Waals surface area contributed by atoms with Crippen LogP contribution in [0.3, 0.4) is 0 Å². The lowest BCUT2D eigenvalue weighted by atomic mass is 10.0. The van der Waals surface area contributed by atoms with Gasteiger partial charge in [0.15, 0.2) is 0 Å². The van der Waals surface area contributed by atoms with Crippen LogP contribution < -0.4 is 10.1 Å². The molecule has 0 heterocycles. The molecule has 0 aliphatic carbocycles. The van der Waals surface area contributed by atoms with Crippen LogP contribution in [0.25, 0.3) is 6.08 Å². The van der Waals surface area contributed by atoms with Crippen molar-refractivity contribution < 1.29 is 9.53 Å². The molecule has 4 nitrogen and oxygen atoms in total. The lowest BCUT2D eigenvalue weighted by Crippen LogP contribution is -2.37. The van der Waals surface area contributed by atoms with E-state index >= 15 is 0 Å². The molecule has 2 rings (SSSR count). The van der Waals surface area contributed by atoms with Gasteiger partial charge in [0.05, 0.1) is 13.2 Å². The van der Waals surface area contributed by atoms with Gasteiger partial charge in [0.25, 0.3) is 0 Å². The molecule has 0 saturated carbocycles. The van der Waals surface area contributed by atoms with E-state index in [0.29, 0.717) is 6.54 Å². The molecule has 0 fully saturated rings. The van der Waals surface area contributed by atoms with Crippen LogP contribution in [0.1, 0.15) is 31.0 Å². The van der Waals surface area contributed by atoms with Crippen LogP contribution in [0.2, 0.25) is 0 Å². The number of rotatable bonds is 9. The quantitative estimate of drug-likeness (QED) is 0.696. The second kappa shape index (κ2) is 10.4. The van der Waals surface area contributed by atoms with Crippen molar-refractivity contribution in [3.8, 4) is 5.75 Å². The minimum atomic E-state index is -0.0890. The van der Waals surface area contributed by atoms with Gasteiger partial charge in [-0.3, -0.25) is 9.69 Å². The summed E-state index contributed by atoms with van der Waals surface area (Å²) in [5.74, 6) is 0.740. The number of amides is 1. The normalized spacial score (nSPS) is 12.3. The lowest BCUT2D eigenvalue weighted by Gasteiger charge is -2.30. The maximum absolute atomic E-state index is 12.2. The predicted octanol–water partition coefficient (Wildman–Crippen LogP) is 3.91. The van der Waals surface area contributed by atoms with Gasteiger partial charge < -0.3 is 10.1 Å². The zero-order valence-corrected chi connectivity index (χ0v) is 15.8. The Bertz CT molecular complexity index is 709. The van der Waals surface area contributed by atoms with Gasteiger partial charge in [-0.25, -0.2) is 0 Å². The molecule has 0 aliphatic heterocycles. The Balaban J connectivity index is 2.06. The van der Waals surface area contributed by atoms with E-state index in [1.165, 1.54) is 0 Å². The number of nitrogens with one attached hydrogen (secondary N) is 1. The van der Waals surface area contributed by atoms with Crippen molar-refractivity contribution in [1.29, 1.82) is 0 Å². The van der Waals surface area contributed by atoms with Crippen molar-refractivity contribution in [3.63, 3.8) is 0 Å². The van der Waals surface area contributed by atoms with Gasteiger partial charge in [-0.05, 0) is 42.4 Å². The third-order valence-corrected chi connectivity index (χ3v) is 4.43. The van der Waals surface area contributed by atoms with Crippen molar-refractivity contribution >= 4 is 12.0 Å². The van der Waals surface area contributed by atoms with Crippen molar-refractivity contribution in [2.45, 2.75) is 19.9 Å². The Kier molecular flexibility index (Phi) is 7.90. The molecule has 1 amide bonds. The Morgan fingerprint density at radius 1 is 1.12 bits per heavy atom. The fourth-order valence-electron chi connectivity index (χ4n) is 2.96. The van der Waals surface area contributed by atoms with Crippen LogP contribution in [-0.2, 0) is 4.79 Å². The van der Waals surface area contributed by atoms with Crippen LogP contribution in [0.15, 0.2) is 60.7 Å². The Morgan fingerprint density at radius 2 is 1.85 bits per heavy atom. The third kappa shape index (κ3) is 5.74. The Hall–Kier alpha value is -2.59. The van der Waals surface area contributed by atoms with Crippen molar-refractivity contribution in [2.24, 2.45) is 0 Å². The molecule has 1 N–H and O–H groups in total. The molecule has 0 saturated heterocycles. The van der Waals surface area contributed by atoms with Gasteiger partial charge in [0.1, 0.15) is 5.75 Å². The molecule has 138 valence electrons. The zero-order chi connectivity index (χ0) is 18.8. The van der Waals surface area contributed by atoms with Crippen LogP contribution in [-0.4, -0.2) is 37.6 Å². The van der Waals surface area contributed by atoms with Crippen LogP contribution in [0.4, 0.5) is 0 Å². The second-order valence-corrected chi connectivity index (χ2v) is 6.00. The van der Waals surface area contributed by atoms with Gasteiger partial charge in [0, 0.05) is 12.6 Å². The lowest BCUT2D eigenvalue weighted by molar-refractivity contribution is -0.116. The van der Waals surface area contributed by atoms with E-state index in [2.05, 4.69) is 30.1 Å². The largest absolute Gasteiger partial charge is 0.497 e. The summed E-state index contributed by atoms with van der Waals surface area (Å²) in [6.45, 7) is 6.64. The van der Waals surface area contributed by atoms with Gasteiger partial charge in [-0.1, -0.05) is 56.3 Å². The van der Waals surface area contributed by atoms with E-state index in [1.807, 2.05) is 54.6 Å². The SMILES string of the molecule is CCN(CC)C(CNC(=O)/C=C/c1ccccc1)c1cccc(OC)c1. The number of nitrogens with zero attached hydrogens (tertiary/aromatic N) is 1. The molecular weight excluding hydrogens is 324 g/mol. The minimum Gasteiger partial charge on any atom is -0.497 e. The smallest absolute Gasteiger partial charge is 0.244 e. The average molecular weight is 352 g/mol. The highest BCUT2D eigenvalue weighted by Gasteiger charge is 2.19. The minimum absolute atomic E-state index is 0.0890. The van der Waals surface area contributed by atoms with Crippen LogP contribution in [0, 0.1) is 0 Å². The van der Waals surface area contributed by atoms with Crippen molar-refractivity contribution in [1.82, 2.24) is 10.2 Å². The Morgan fingerprint density at radius 3 is 2.50 bits per heavy atom. The molecule has 0 radical (unpaired) electrons. The first kappa shape index (κ1) is 19.7. The number of ether oxygens (including phenoxy) is 1. The highest BCUT2D eigenvalue weighted by molar-refractivity contribution is 5.91. The molecule has 26 heavy (non-hydrogen) atoms. The van der Waals surface area contributed by atoms with Crippen LogP contribution >= 0.6 is 0 Å². The fourth-order valence-corrected chi connectivity index (χ4v) is 2.96. The monoisotopic (exact) mass is 352 g/mol. The molecule has 0 aliphatic rings. The first-order valence-electron chi connectivity index (χ1n) is 9.06. The summed E-state index contributed by atoms with van der Waals surface area (Å²) in [6, 6.07) is 18.0. The number of hydrogen-bond acceptors (Lipinski definition) is 3. The molecule has 1 unspecified atom stereocenters. The highest BCUT2D eigenvalue weighted by Crippen LogP contribution is 2.23. The number of methoxy groups -OCH3 is 1. The molecule has 0 aromatic heterocycles. The van der Waals surface area contributed by atoms with E-state index in [-0.39, 0.29) is 11.9 Å². The van der Waals surface area contributed by atoms with E-state index in [0.717, 1.165) is 30.0 Å². The fraction of sp³-hybridized carbons (Fsp3) is 0.318. The molecule has 1 atom stereocenters. The summed E-state index contributed by atoms with van der Waals surface area (Å²) in [5.41, 5.74) is 2.15. The van der Waals surface area contributed by atoms with Gasteiger partial charge in [0.2, 0.25) is 5.91 Å².